The fourth-order valence-corrected chi connectivity index (χ4v) is 3.68. The summed E-state index contributed by atoms with van der Waals surface area (Å²) in [7, 11) is 0. The summed E-state index contributed by atoms with van der Waals surface area (Å²) in [6.07, 6.45) is 7.20. The number of hydrogen-bond acceptors (Lipinski definition) is 4. The van der Waals surface area contributed by atoms with Gasteiger partial charge in [-0.2, -0.15) is 11.8 Å². The smallest absolute Gasteiger partial charge is 0.0395 e. The number of thioether (sulfide) groups is 1. The van der Waals surface area contributed by atoms with Gasteiger partial charge in [0, 0.05) is 23.2 Å². The summed E-state index contributed by atoms with van der Waals surface area (Å²) in [6.45, 7) is 2.32. The number of aromatic nitrogens is 1. The van der Waals surface area contributed by atoms with Gasteiger partial charge >= 0.3 is 0 Å². The molecule has 0 bridgehead atoms. The molecule has 2 rings (SSSR count). The van der Waals surface area contributed by atoms with Crippen LogP contribution in [0.25, 0.3) is 0 Å². The predicted molar refractivity (Wildman–Crippen MR) is 69.1 cm³/mol. The summed E-state index contributed by atoms with van der Waals surface area (Å²) < 4.78 is 0.276. The van der Waals surface area contributed by atoms with Crippen molar-refractivity contribution in [2.75, 3.05) is 5.75 Å². The lowest BCUT2D eigenvalue weighted by molar-refractivity contribution is 0.405. The zero-order valence-corrected chi connectivity index (χ0v) is 10.5. The van der Waals surface area contributed by atoms with Crippen LogP contribution in [-0.2, 0) is 6.42 Å². The highest BCUT2D eigenvalue weighted by atomic mass is 32.2. The Morgan fingerprint density at radius 3 is 2.88 bits per heavy atom. The third kappa shape index (κ3) is 2.56. The lowest BCUT2D eigenvalue weighted by Gasteiger charge is -2.32. The van der Waals surface area contributed by atoms with Crippen molar-refractivity contribution in [2.45, 2.75) is 37.0 Å². The van der Waals surface area contributed by atoms with Crippen molar-refractivity contribution in [1.82, 2.24) is 10.4 Å². The van der Waals surface area contributed by atoms with Gasteiger partial charge < -0.3 is 0 Å². The van der Waals surface area contributed by atoms with Crippen LogP contribution in [0.3, 0.4) is 0 Å². The molecule has 0 aromatic carbocycles. The van der Waals surface area contributed by atoms with E-state index in [4.69, 9.17) is 5.84 Å². The second-order valence-corrected chi connectivity index (χ2v) is 6.17. The van der Waals surface area contributed by atoms with Crippen molar-refractivity contribution in [3.05, 3.63) is 30.1 Å². The molecule has 1 saturated heterocycles. The molecule has 1 aromatic heterocycles. The van der Waals surface area contributed by atoms with E-state index >= 15 is 0 Å². The Morgan fingerprint density at radius 1 is 1.56 bits per heavy atom. The summed E-state index contributed by atoms with van der Waals surface area (Å²) >= 11 is 2.04. The van der Waals surface area contributed by atoms with Crippen molar-refractivity contribution in [3.63, 3.8) is 0 Å². The maximum Gasteiger partial charge on any atom is 0.0395 e. The van der Waals surface area contributed by atoms with Crippen molar-refractivity contribution in [2.24, 2.45) is 5.84 Å². The van der Waals surface area contributed by atoms with Crippen molar-refractivity contribution < 1.29 is 0 Å². The highest BCUT2D eigenvalue weighted by Gasteiger charge is 2.37. The van der Waals surface area contributed by atoms with Gasteiger partial charge in [-0.25, -0.2) is 0 Å². The van der Waals surface area contributed by atoms with Crippen LogP contribution in [0.1, 0.15) is 25.3 Å². The molecule has 2 unspecified atom stereocenters. The van der Waals surface area contributed by atoms with E-state index in [9.17, 15) is 0 Å². The first-order chi connectivity index (χ1) is 7.74. The SMILES string of the molecule is CC1(C(Cc2ccncc2)NN)CCCS1. The highest BCUT2D eigenvalue weighted by molar-refractivity contribution is 8.00. The number of nitrogens with zero attached hydrogens (tertiary/aromatic N) is 1. The summed E-state index contributed by atoms with van der Waals surface area (Å²) in [4.78, 5) is 4.04. The Bertz CT molecular complexity index is 322. The summed E-state index contributed by atoms with van der Waals surface area (Å²) in [5, 5.41) is 0. The van der Waals surface area contributed by atoms with Crippen LogP contribution in [0.5, 0.6) is 0 Å². The van der Waals surface area contributed by atoms with Crippen molar-refractivity contribution in [3.8, 4) is 0 Å². The van der Waals surface area contributed by atoms with E-state index < -0.39 is 0 Å². The Morgan fingerprint density at radius 2 is 2.31 bits per heavy atom. The lowest BCUT2D eigenvalue weighted by atomic mass is 9.91. The highest BCUT2D eigenvalue weighted by Crippen LogP contribution is 2.41. The first-order valence-electron chi connectivity index (χ1n) is 5.73. The molecular formula is C12H19N3S. The minimum absolute atomic E-state index is 0.276. The molecule has 88 valence electrons. The van der Waals surface area contributed by atoms with Gasteiger partial charge in [-0.3, -0.25) is 16.3 Å². The molecule has 1 aliphatic heterocycles. The molecule has 0 aliphatic carbocycles. The standard InChI is InChI=1S/C12H19N3S/c1-12(5-2-8-16-12)11(15-13)9-10-3-6-14-7-4-10/h3-4,6-7,11,15H,2,5,8-9,13H2,1H3. The van der Waals surface area contributed by atoms with Gasteiger partial charge in [0.15, 0.2) is 0 Å². The molecule has 3 nitrogen and oxygen atoms in total. The zero-order valence-electron chi connectivity index (χ0n) is 9.65. The van der Waals surface area contributed by atoms with Gasteiger partial charge in [0.1, 0.15) is 0 Å². The molecular weight excluding hydrogens is 218 g/mol. The fraction of sp³-hybridized carbons (Fsp3) is 0.583. The van der Waals surface area contributed by atoms with Crippen LogP contribution in [0, 0.1) is 0 Å². The van der Waals surface area contributed by atoms with Crippen LogP contribution in [-0.4, -0.2) is 21.5 Å². The molecule has 3 N–H and O–H groups in total. The quantitative estimate of drug-likeness (QED) is 0.619. The van der Waals surface area contributed by atoms with Crippen LogP contribution < -0.4 is 11.3 Å². The van der Waals surface area contributed by atoms with Gasteiger partial charge in [0.25, 0.3) is 0 Å². The monoisotopic (exact) mass is 237 g/mol. The van der Waals surface area contributed by atoms with Gasteiger partial charge in [-0.05, 0) is 49.6 Å². The molecule has 1 aromatic rings. The fourth-order valence-electron chi connectivity index (χ4n) is 2.28. The molecule has 0 saturated carbocycles. The van der Waals surface area contributed by atoms with E-state index in [1.807, 2.05) is 24.2 Å². The van der Waals surface area contributed by atoms with E-state index in [1.54, 1.807) is 0 Å². The average molecular weight is 237 g/mol. The minimum atomic E-state index is 0.276. The van der Waals surface area contributed by atoms with Crippen LogP contribution in [0.2, 0.25) is 0 Å². The number of hydrogen-bond donors (Lipinski definition) is 2. The Labute approximate surface area is 101 Å². The number of pyridine rings is 1. The lowest BCUT2D eigenvalue weighted by Crippen LogP contribution is -2.49. The van der Waals surface area contributed by atoms with E-state index in [0.29, 0.717) is 6.04 Å². The van der Waals surface area contributed by atoms with Gasteiger partial charge in [0.05, 0.1) is 0 Å². The third-order valence-corrected chi connectivity index (χ3v) is 5.02. The van der Waals surface area contributed by atoms with Crippen LogP contribution >= 0.6 is 11.8 Å². The summed E-state index contributed by atoms with van der Waals surface area (Å²) in [6, 6.07) is 4.46. The van der Waals surface area contributed by atoms with Crippen molar-refractivity contribution >= 4 is 11.8 Å². The first kappa shape index (κ1) is 11.9. The third-order valence-electron chi connectivity index (χ3n) is 3.38. The van der Waals surface area contributed by atoms with E-state index in [1.165, 1.54) is 24.2 Å². The largest absolute Gasteiger partial charge is 0.271 e. The molecule has 0 spiro atoms. The number of nitrogens with two attached hydrogens (primary N) is 1. The Balaban J connectivity index is 2.06. The second-order valence-electron chi connectivity index (χ2n) is 4.54. The molecule has 0 amide bonds. The normalized spacial score (nSPS) is 26.9. The maximum atomic E-state index is 5.71. The Kier molecular flexibility index (Phi) is 3.84. The number of rotatable bonds is 4. The van der Waals surface area contributed by atoms with E-state index in [0.717, 1.165) is 6.42 Å². The number of nitrogens with one attached hydrogen (secondary N) is 1. The van der Waals surface area contributed by atoms with Gasteiger partial charge in [-0.1, -0.05) is 0 Å². The second kappa shape index (κ2) is 5.17. The molecule has 16 heavy (non-hydrogen) atoms. The van der Waals surface area contributed by atoms with Crippen molar-refractivity contribution in [1.29, 1.82) is 0 Å². The minimum Gasteiger partial charge on any atom is -0.271 e. The topological polar surface area (TPSA) is 50.9 Å². The molecule has 1 fully saturated rings. The molecule has 4 heteroatoms. The molecule has 2 atom stereocenters. The van der Waals surface area contributed by atoms with E-state index in [2.05, 4.69) is 29.5 Å². The summed E-state index contributed by atoms with van der Waals surface area (Å²) in [5.41, 5.74) is 4.29. The predicted octanol–water partition coefficient (Wildman–Crippen LogP) is 1.74. The maximum absolute atomic E-state index is 5.71. The first-order valence-corrected chi connectivity index (χ1v) is 6.72. The van der Waals surface area contributed by atoms with Crippen LogP contribution in [0.15, 0.2) is 24.5 Å². The zero-order chi connectivity index (χ0) is 11.4. The summed E-state index contributed by atoms with van der Waals surface area (Å²) in [5.74, 6) is 6.96. The van der Waals surface area contributed by atoms with Gasteiger partial charge in [0.2, 0.25) is 0 Å². The van der Waals surface area contributed by atoms with Gasteiger partial charge in [-0.15, -0.1) is 0 Å². The average Bonchev–Trinajstić information content (AvgIpc) is 2.75. The van der Waals surface area contributed by atoms with E-state index in [-0.39, 0.29) is 4.75 Å². The number of hydrazine groups is 1. The molecule has 1 aliphatic rings. The Hall–Kier alpha value is -0.580. The van der Waals surface area contributed by atoms with Crippen LogP contribution in [0.4, 0.5) is 0 Å². The molecule has 2 heterocycles. The molecule has 0 radical (unpaired) electrons.